The summed E-state index contributed by atoms with van der Waals surface area (Å²) in [6.07, 6.45) is 13.0. The van der Waals surface area contributed by atoms with Crippen LogP contribution in [0.1, 0.15) is 77.6 Å². The van der Waals surface area contributed by atoms with Gasteiger partial charge in [0, 0.05) is 6.61 Å². The fraction of sp³-hybridized carbons (Fsp3) is 1.00. The molecule has 2 saturated carbocycles. The highest BCUT2D eigenvalue weighted by atomic mass is 16.3. The maximum Gasteiger partial charge on any atom is 0.0624 e. The number of hydrogen-bond donors (Lipinski definition) is 2. The summed E-state index contributed by atoms with van der Waals surface area (Å²) in [6.45, 7) is 2.61. The number of rotatable bonds is 5. The van der Waals surface area contributed by atoms with E-state index in [0.29, 0.717) is 5.92 Å². The summed E-state index contributed by atoms with van der Waals surface area (Å²) in [5.74, 6) is 1.35. The van der Waals surface area contributed by atoms with Gasteiger partial charge in [-0.05, 0) is 55.8 Å². The van der Waals surface area contributed by atoms with E-state index in [1.54, 1.807) is 0 Å². The Bertz CT molecular complexity index is 244. The van der Waals surface area contributed by atoms with Gasteiger partial charge in [0.1, 0.15) is 0 Å². The van der Waals surface area contributed by atoms with Crippen LogP contribution in [0.3, 0.4) is 0 Å². The van der Waals surface area contributed by atoms with Gasteiger partial charge in [-0.25, -0.2) is 0 Å². The van der Waals surface area contributed by atoms with E-state index in [1.807, 2.05) is 0 Å². The van der Waals surface area contributed by atoms with Crippen LogP contribution in [0.2, 0.25) is 0 Å². The minimum Gasteiger partial charge on any atom is -0.396 e. The topological polar surface area (TPSA) is 40.5 Å². The lowest BCUT2D eigenvalue weighted by Crippen LogP contribution is -2.43. The molecule has 0 saturated heterocycles. The molecule has 0 aromatic rings. The molecule has 2 N–H and O–H groups in total. The predicted octanol–water partition coefficient (Wildman–Crippen LogP) is 3.90. The van der Waals surface area contributed by atoms with Gasteiger partial charge in [0.2, 0.25) is 0 Å². The third-order valence-electron chi connectivity index (χ3n) is 5.83. The molecule has 0 amide bonds. The lowest BCUT2D eigenvalue weighted by molar-refractivity contribution is -0.0651. The Labute approximate surface area is 118 Å². The largest absolute Gasteiger partial charge is 0.396 e. The number of aliphatic hydroxyl groups excluding tert-OH is 2. The van der Waals surface area contributed by atoms with E-state index in [9.17, 15) is 10.2 Å². The standard InChI is InChI=1S/C17H32O2/c1-14-8-11-17(12-9-14,10-5-13-18)16(19)15-6-3-2-4-7-15/h14-16,18-19H,2-13H2,1H3. The van der Waals surface area contributed by atoms with Gasteiger partial charge in [0.25, 0.3) is 0 Å². The van der Waals surface area contributed by atoms with Crippen molar-refractivity contribution in [3.8, 4) is 0 Å². The van der Waals surface area contributed by atoms with Crippen molar-refractivity contribution in [2.75, 3.05) is 6.61 Å². The quantitative estimate of drug-likeness (QED) is 0.794. The van der Waals surface area contributed by atoms with Gasteiger partial charge < -0.3 is 10.2 Å². The molecule has 0 spiro atoms. The monoisotopic (exact) mass is 268 g/mol. The molecule has 0 aromatic carbocycles. The summed E-state index contributed by atoms with van der Waals surface area (Å²) < 4.78 is 0. The second-order valence-corrected chi connectivity index (χ2v) is 7.21. The van der Waals surface area contributed by atoms with Gasteiger partial charge >= 0.3 is 0 Å². The molecule has 2 rings (SSSR count). The molecular formula is C17H32O2. The summed E-state index contributed by atoms with van der Waals surface area (Å²) in [5, 5.41) is 20.2. The van der Waals surface area contributed by atoms with Crippen LogP contribution in [0.25, 0.3) is 0 Å². The molecule has 1 atom stereocenters. The van der Waals surface area contributed by atoms with Gasteiger partial charge in [-0.1, -0.05) is 39.0 Å². The van der Waals surface area contributed by atoms with Crippen LogP contribution in [-0.2, 0) is 0 Å². The molecule has 1 unspecified atom stereocenters. The molecule has 0 aromatic heterocycles. The molecule has 2 aliphatic rings. The second kappa shape index (κ2) is 7.08. The van der Waals surface area contributed by atoms with Crippen LogP contribution in [0, 0.1) is 17.3 Å². The fourth-order valence-corrected chi connectivity index (χ4v) is 4.41. The van der Waals surface area contributed by atoms with E-state index in [-0.39, 0.29) is 18.1 Å². The van der Waals surface area contributed by atoms with E-state index in [2.05, 4.69) is 6.92 Å². The summed E-state index contributed by atoms with van der Waals surface area (Å²) in [5.41, 5.74) is 0.122. The first-order valence-electron chi connectivity index (χ1n) is 8.47. The molecular weight excluding hydrogens is 236 g/mol. The molecule has 112 valence electrons. The average Bonchev–Trinajstić information content (AvgIpc) is 2.47. The Balaban J connectivity index is 2.02. The highest BCUT2D eigenvalue weighted by Gasteiger charge is 2.43. The van der Waals surface area contributed by atoms with Crippen LogP contribution >= 0.6 is 0 Å². The predicted molar refractivity (Wildman–Crippen MR) is 79.0 cm³/mol. The number of aliphatic hydroxyl groups is 2. The Morgan fingerprint density at radius 1 is 1.05 bits per heavy atom. The molecule has 2 aliphatic carbocycles. The third kappa shape index (κ3) is 3.72. The fourth-order valence-electron chi connectivity index (χ4n) is 4.41. The van der Waals surface area contributed by atoms with Gasteiger partial charge in [-0.15, -0.1) is 0 Å². The minimum atomic E-state index is -0.119. The molecule has 19 heavy (non-hydrogen) atoms. The first-order valence-corrected chi connectivity index (χ1v) is 8.47. The molecule has 0 aliphatic heterocycles. The zero-order valence-corrected chi connectivity index (χ0v) is 12.6. The molecule has 2 nitrogen and oxygen atoms in total. The highest BCUT2D eigenvalue weighted by Crippen LogP contribution is 2.48. The van der Waals surface area contributed by atoms with Crippen molar-refractivity contribution in [2.24, 2.45) is 17.3 Å². The summed E-state index contributed by atoms with van der Waals surface area (Å²) in [6, 6.07) is 0. The van der Waals surface area contributed by atoms with Gasteiger partial charge in [0.15, 0.2) is 0 Å². The van der Waals surface area contributed by atoms with Crippen molar-refractivity contribution in [1.29, 1.82) is 0 Å². The maximum absolute atomic E-state index is 11.0. The van der Waals surface area contributed by atoms with Crippen molar-refractivity contribution >= 4 is 0 Å². The van der Waals surface area contributed by atoms with E-state index < -0.39 is 0 Å². The van der Waals surface area contributed by atoms with Crippen LogP contribution < -0.4 is 0 Å². The third-order valence-corrected chi connectivity index (χ3v) is 5.83. The summed E-state index contributed by atoms with van der Waals surface area (Å²) in [4.78, 5) is 0. The normalized spacial score (nSPS) is 35.2. The molecule has 2 fully saturated rings. The van der Waals surface area contributed by atoms with Gasteiger partial charge in [-0.2, -0.15) is 0 Å². The highest BCUT2D eigenvalue weighted by molar-refractivity contribution is 4.94. The molecule has 2 heteroatoms. The van der Waals surface area contributed by atoms with Crippen LogP contribution in [0.4, 0.5) is 0 Å². The summed E-state index contributed by atoms with van der Waals surface area (Å²) >= 11 is 0. The zero-order chi connectivity index (χ0) is 13.7. The smallest absolute Gasteiger partial charge is 0.0624 e. The maximum atomic E-state index is 11.0. The zero-order valence-electron chi connectivity index (χ0n) is 12.6. The number of hydrogen-bond acceptors (Lipinski definition) is 2. The van der Waals surface area contributed by atoms with Crippen LogP contribution in [0.5, 0.6) is 0 Å². The van der Waals surface area contributed by atoms with E-state index >= 15 is 0 Å². The van der Waals surface area contributed by atoms with Crippen molar-refractivity contribution in [3.63, 3.8) is 0 Å². The van der Waals surface area contributed by atoms with E-state index in [0.717, 1.165) is 18.8 Å². The van der Waals surface area contributed by atoms with Crippen molar-refractivity contribution in [3.05, 3.63) is 0 Å². The summed E-state index contributed by atoms with van der Waals surface area (Å²) in [7, 11) is 0. The Kier molecular flexibility index (Phi) is 5.70. The first kappa shape index (κ1) is 15.3. The lowest BCUT2D eigenvalue weighted by atomic mass is 9.61. The Morgan fingerprint density at radius 3 is 2.26 bits per heavy atom. The molecule has 0 heterocycles. The van der Waals surface area contributed by atoms with E-state index in [4.69, 9.17) is 0 Å². The van der Waals surface area contributed by atoms with Gasteiger partial charge in [-0.3, -0.25) is 0 Å². The van der Waals surface area contributed by atoms with Crippen molar-refractivity contribution in [2.45, 2.75) is 83.7 Å². The van der Waals surface area contributed by atoms with Crippen LogP contribution in [-0.4, -0.2) is 22.9 Å². The second-order valence-electron chi connectivity index (χ2n) is 7.21. The SMILES string of the molecule is CC1CCC(CCCO)(C(O)C2CCCCC2)CC1. The van der Waals surface area contributed by atoms with E-state index in [1.165, 1.54) is 57.8 Å². The van der Waals surface area contributed by atoms with Crippen LogP contribution in [0.15, 0.2) is 0 Å². The van der Waals surface area contributed by atoms with Crippen molar-refractivity contribution < 1.29 is 10.2 Å². The van der Waals surface area contributed by atoms with Gasteiger partial charge in [0.05, 0.1) is 6.10 Å². The Hall–Kier alpha value is -0.0800. The Morgan fingerprint density at radius 2 is 1.68 bits per heavy atom. The average molecular weight is 268 g/mol. The molecule has 0 bridgehead atoms. The minimum absolute atomic E-state index is 0.119. The lowest BCUT2D eigenvalue weighted by Gasteiger charge is -2.46. The first-order chi connectivity index (χ1) is 9.18. The molecule has 0 radical (unpaired) electrons. The van der Waals surface area contributed by atoms with Crippen molar-refractivity contribution in [1.82, 2.24) is 0 Å².